The van der Waals surface area contributed by atoms with Crippen LogP contribution in [0, 0.1) is 11.7 Å². The molecule has 2 unspecified atom stereocenters. The van der Waals surface area contributed by atoms with Crippen LogP contribution in [0.4, 0.5) is 4.39 Å². The van der Waals surface area contributed by atoms with Gasteiger partial charge in [0.2, 0.25) is 0 Å². The third kappa shape index (κ3) is 4.64. The zero-order valence-electron chi connectivity index (χ0n) is 10.9. The van der Waals surface area contributed by atoms with Crippen LogP contribution >= 0.6 is 11.6 Å². The van der Waals surface area contributed by atoms with Crippen molar-refractivity contribution in [2.75, 3.05) is 0 Å². The van der Waals surface area contributed by atoms with Crippen LogP contribution in [0.3, 0.4) is 0 Å². The summed E-state index contributed by atoms with van der Waals surface area (Å²) >= 11 is 6.02. The SMILES string of the molecule is CC(C)NC(C)C(C)Cc1ccc(F)cc1Cl. The number of halogens is 2. The molecule has 0 saturated carbocycles. The van der Waals surface area contributed by atoms with E-state index in [1.54, 1.807) is 6.07 Å². The van der Waals surface area contributed by atoms with Crippen LogP contribution in [0.2, 0.25) is 5.02 Å². The maximum absolute atomic E-state index is 12.9. The summed E-state index contributed by atoms with van der Waals surface area (Å²) in [5, 5.41) is 4.00. The maximum atomic E-state index is 12.9. The number of hydrogen-bond acceptors (Lipinski definition) is 1. The highest BCUT2D eigenvalue weighted by Gasteiger charge is 2.15. The highest BCUT2D eigenvalue weighted by molar-refractivity contribution is 6.31. The molecule has 1 N–H and O–H groups in total. The van der Waals surface area contributed by atoms with Crippen molar-refractivity contribution < 1.29 is 4.39 Å². The standard InChI is InChI=1S/C14H21ClFN/c1-9(2)17-11(4)10(3)7-12-5-6-13(16)8-14(12)15/h5-6,8-11,17H,7H2,1-4H3. The Hall–Kier alpha value is -0.600. The Balaban J connectivity index is 2.64. The molecule has 0 saturated heterocycles. The van der Waals surface area contributed by atoms with Crippen LogP contribution in [-0.4, -0.2) is 12.1 Å². The molecule has 1 rings (SSSR count). The van der Waals surface area contributed by atoms with Gasteiger partial charge in [-0.3, -0.25) is 0 Å². The molecule has 0 radical (unpaired) electrons. The molecule has 0 spiro atoms. The maximum Gasteiger partial charge on any atom is 0.124 e. The third-order valence-corrected chi connectivity index (χ3v) is 3.36. The van der Waals surface area contributed by atoms with Crippen molar-refractivity contribution in [3.05, 3.63) is 34.6 Å². The largest absolute Gasteiger partial charge is 0.312 e. The molecule has 1 aromatic carbocycles. The van der Waals surface area contributed by atoms with E-state index in [1.807, 2.05) is 0 Å². The van der Waals surface area contributed by atoms with Crippen molar-refractivity contribution in [3.8, 4) is 0 Å². The molecule has 1 aromatic rings. The van der Waals surface area contributed by atoms with Gasteiger partial charge in [-0.2, -0.15) is 0 Å². The quantitative estimate of drug-likeness (QED) is 0.839. The van der Waals surface area contributed by atoms with E-state index in [0.717, 1.165) is 12.0 Å². The lowest BCUT2D eigenvalue weighted by Gasteiger charge is -2.24. The number of rotatable bonds is 5. The average molecular weight is 258 g/mol. The van der Waals surface area contributed by atoms with Gasteiger partial charge in [0.1, 0.15) is 5.82 Å². The fourth-order valence-corrected chi connectivity index (χ4v) is 2.15. The van der Waals surface area contributed by atoms with Crippen molar-refractivity contribution in [3.63, 3.8) is 0 Å². The van der Waals surface area contributed by atoms with Crippen molar-refractivity contribution in [1.82, 2.24) is 5.32 Å². The molecule has 0 amide bonds. The summed E-state index contributed by atoms with van der Waals surface area (Å²) in [5.41, 5.74) is 1.01. The normalized spacial score (nSPS) is 15.0. The van der Waals surface area contributed by atoms with E-state index in [-0.39, 0.29) is 5.82 Å². The van der Waals surface area contributed by atoms with Crippen LogP contribution in [0.5, 0.6) is 0 Å². The average Bonchev–Trinajstić information content (AvgIpc) is 2.21. The molecule has 0 aliphatic rings. The second kappa shape index (κ2) is 6.36. The summed E-state index contributed by atoms with van der Waals surface area (Å²) in [7, 11) is 0. The minimum atomic E-state index is -0.278. The Morgan fingerprint density at radius 3 is 2.41 bits per heavy atom. The first-order valence-electron chi connectivity index (χ1n) is 6.10. The van der Waals surface area contributed by atoms with E-state index in [2.05, 4.69) is 33.0 Å². The van der Waals surface area contributed by atoms with Gasteiger partial charge in [0.15, 0.2) is 0 Å². The summed E-state index contributed by atoms with van der Waals surface area (Å²) in [6.45, 7) is 8.62. The molecular weight excluding hydrogens is 237 g/mol. The lowest BCUT2D eigenvalue weighted by molar-refractivity contribution is 0.372. The Labute approximate surface area is 108 Å². The summed E-state index contributed by atoms with van der Waals surface area (Å²) in [6, 6.07) is 5.50. The Kier molecular flexibility index (Phi) is 5.41. The lowest BCUT2D eigenvalue weighted by Crippen LogP contribution is -2.37. The van der Waals surface area contributed by atoms with E-state index >= 15 is 0 Å². The Bertz CT molecular complexity index is 365. The molecule has 17 heavy (non-hydrogen) atoms. The van der Waals surface area contributed by atoms with Gasteiger partial charge in [-0.25, -0.2) is 4.39 Å². The molecule has 2 atom stereocenters. The van der Waals surface area contributed by atoms with Crippen LogP contribution in [-0.2, 0) is 6.42 Å². The van der Waals surface area contributed by atoms with Gasteiger partial charge in [-0.15, -0.1) is 0 Å². The Morgan fingerprint density at radius 2 is 1.88 bits per heavy atom. The van der Waals surface area contributed by atoms with Gasteiger partial charge in [-0.1, -0.05) is 38.4 Å². The van der Waals surface area contributed by atoms with Crippen LogP contribution < -0.4 is 5.32 Å². The molecule has 0 bridgehead atoms. The lowest BCUT2D eigenvalue weighted by atomic mass is 9.94. The number of hydrogen-bond donors (Lipinski definition) is 1. The molecule has 0 aliphatic heterocycles. The first-order valence-corrected chi connectivity index (χ1v) is 6.48. The fourth-order valence-electron chi connectivity index (χ4n) is 1.90. The second-order valence-electron chi connectivity index (χ2n) is 5.03. The summed E-state index contributed by atoms with van der Waals surface area (Å²) in [5.74, 6) is 0.181. The minimum absolute atomic E-state index is 0.278. The predicted molar refractivity (Wildman–Crippen MR) is 72.0 cm³/mol. The van der Waals surface area contributed by atoms with Crippen molar-refractivity contribution in [2.45, 2.75) is 46.2 Å². The molecule has 0 heterocycles. The van der Waals surface area contributed by atoms with E-state index in [0.29, 0.717) is 23.0 Å². The molecule has 3 heteroatoms. The van der Waals surface area contributed by atoms with Gasteiger partial charge >= 0.3 is 0 Å². The summed E-state index contributed by atoms with van der Waals surface area (Å²) < 4.78 is 12.9. The van der Waals surface area contributed by atoms with Gasteiger partial charge in [0.05, 0.1) is 0 Å². The third-order valence-electron chi connectivity index (χ3n) is 3.01. The first kappa shape index (κ1) is 14.5. The molecule has 0 aliphatic carbocycles. The van der Waals surface area contributed by atoms with Gasteiger partial charge < -0.3 is 5.32 Å². The smallest absolute Gasteiger partial charge is 0.124 e. The van der Waals surface area contributed by atoms with Crippen molar-refractivity contribution in [2.24, 2.45) is 5.92 Å². The summed E-state index contributed by atoms with van der Waals surface area (Å²) in [4.78, 5) is 0. The highest BCUT2D eigenvalue weighted by atomic mass is 35.5. The molecule has 96 valence electrons. The fraction of sp³-hybridized carbons (Fsp3) is 0.571. The van der Waals surface area contributed by atoms with E-state index in [4.69, 9.17) is 11.6 Å². The van der Waals surface area contributed by atoms with Crippen molar-refractivity contribution in [1.29, 1.82) is 0 Å². The second-order valence-corrected chi connectivity index (χ2v) is 5.43. The number of benzene rings is 1. The van der Waals surface area contributed by atoms with Gasteiger partial charge in [-0.05, 0) is 37.0 Å². The zero-order valence-corrected chi connectivity index (χ0v) is 11.7. The van der Waals surface area contributed by atoms with Crippen molar-refractivity contribution >= 4 is 11.6 Å². The monoisotopic (exact) mass is 257 g/mol. The van der Waals surface area contributed by atoms with E-state index in [9.17, 15) is 4.39 Å². The molecule has 0 fully saturated rings. The van der Waals surface area contributed by atoms with E-state index in [1.165, 1.54) is 12.1 Å². The van der Waals surface area contributed by atoms with Gasteiger partial charge in [0, 0.05) is 17.1 Å². The Morgan fingerprint density at radius 1 is 1.24 bits per heavy atom. The van der Waals surface area contributed by atoms with Crippen LogP contribution in [0.25, 0.3) is 0 Å². The number of nitrogens with one attached hydrogen (secondary N) is 1. The minimum Gasteiger partial charge on any atom is -0.312 e. The zero-order chi connectivity index (χ0) is 13.0. The first-order chi connectivity index (χ1) is 7.90. The topological polar surface area (TPSA) is 12.0 Å². The van der Waals surface area contributed by atoms with Crippen LogP contribution in [0.1, 0.15) is 33.3 Å². The summed E-state index contributed by atoms with van der Waals surface area (Å²) in [6.07, 6.45) is 0.861. The molecule has 0 aromatic heterocycles. The highest BCUT2D eigenvalue weighted by Crippen LogP contribution is 2.21. The van der Waals surface area contributed by atoms with Gasteiger partial charge in [0.25, 0.3) is 0 Å². The van der Waals surface area contributed by atoms with E-state index < -0.39 is 0 Å². The predicted octanol–water partition coefficient (Wildman–Crippen LogP) is 4.04. The molecular formula is C14H21ClFN. The molecule has 1 nitrogen and oxygen atoms in total. The van der Waals surface area contributed by atoms with Crippen LogP contribution in [0.15, 0.2) is 18.2 Å².